The first kappa shape index (κ1) is 19.3. The highest BCUT2D eigenvalue weighted by atomic mass is 35.5. The molecular weight excluding hydrogens is 374 g/mol. The van der Waals surface area contributed by atoms with Gasteiger partial charge in [0.1, 0.15) is 6.54 Å². The molecule has 5 nitrogen and oxygen atoms in total. The van der Waals surface area contributed by atoms with Crippen LogP contribution in [0.2, 0.25) is 5.02 Å². The van der Waals surface area contributed by atoms with E-state index in [-0.39, 0.29) is 23.8 Å². The molecule has 1 aliphatic carbocycles. The Bertz CT molecular complexity index is 849. The van der Waals surface area contributed by atoms with E-state index in [0.29, 0.717) is 24.7 Å². The molecule has 4 rings (SSSR count). The summed E-state index contributed by atoms with van der Waals surface area (Å²) in [6.07, 6.45) is 9.26. The minimum Gasteiger partial charge on any atom is -0.353 e. The van der Waals surface area contributed by atoms with Crippen LogP contribution in [0.5, 0.6) is 0 Å². The van der Waals surface area contributed by atoms with Crippen LogP contribution in [0.15, 0.2) is 30.5 Å². The molecule has 1 aromatic heterocycles. The highest BCUT2D eigenvalue weighted by Crippen LogP contribution is 2.24. The van der Waals surface area contributed by atoms with Gasteiger partial charge in [-0.15, -0.1) is 0 Å². The van der Waals surface area contributed by atoms with Gasteiger partial charge in [-0.05, 0) is 49.3 Å². The van der Waals surface area contributed by atoms with Crippen molar-refractivity contribution in [2.24, 2.45) is 5.92 Å². The van der Waals surface area contributed by atoms with E-state index in [1.54, 1.807) is 0 Å². The number of nitrogens with one attached hydrogen (secondary N) is 1. The van der Waals surface area contributed by atoms with Crippen molar-refractivity contribution in [2.75, 3.05) is 13.1 Å². The van der Waals surface area contributed by atoms with Crippen molar-refractivity contribution in [1.29, 1.82) is 0 Å². The molecule has 6 heteroatoms. The second-order valence-electron chi connectivity index (χ2n) is 8.15. The van der Waals surface area contributed by atoms with Crippen LogP contribution in [0.4, 0.5) is 0 Å². The summed E-state index contributed by atoms with van der Waals surface area (Å²) in [5.41, 5.74) is 0.982. The maximum Gasteiger partial charge on any atom is 0.242 e. The number of amides is 2. The topological polar surface area (TPSA) is 54.3 Å². The number of hydrogen-bond acceptors (Lipinski definition) is 2. The molecule has 150 valence electrons. The first-order valence-electron chi connectivity index (χ1n) is 10.4. The lowest BCUT2D eigenvalue weighted by Gasteiger charge is -2.33. The SMILES string of the molecule is O=C(NC1CCN(C(=O)Cn2ccc3ccc(Cl)cc32)CC1)C1CCCCC1. The molecule has 1 aromatic carbocycles. The Morgan fingerprint density at radius 3 is 2.54 bits per heavy atom. The number of carbonyl (C=O) groups excluding carboxylic acids is 2. The largest absolute Gasteiger partial charge is 0.353 e. The molecule has 0 spiro atoms. The maximum atomic E-state index is 12.8. The van der Waals surface area contributed by atoms with Crippen molar-refractivity contribution in [3.63, 3.8) is 0 Å². The molecule has 0 bridgehead atoms. The number of fused-ring (bicyclic) bond motifs is 1. The summed E-state index contributed by atoms with van der Waals surface area (Å²) in [7, 11) is 0. The van der Waals surface area contributed by atoms with E-state index >= 15 is 0 Å². The third kappa shape index (κ3) is 4.35. The first-order valence-corrected chi connectivity index (χ1v) is 10.8. The van der Waals surface area contributed by atoms with Crippen molar-refractivity contribution >= 4 is 34.3 Å². The van der Waals surface area contributed by atoms with Crippen LogP contribution in [0.3, 0.4) is 0 Å². The first-order chi connectivity index (χ1) is 13.6. The van der Waals surface area contributed by atoms with E-state index in [4.69, 9.17) is 11.6 Å². The molecular formula is C22H28ClN3O2. The second-order valence-corrected chi connectivity index (χ2v) is 8.58. The van der Waals surface area contributed by atoms with E-state index in [1.165, 1.54) is 19.3 Å². The van der Waals surface area contributed by atoms with Crippen molar-refractivity contribution in [2.45, 2.75) is 57.5 Å². The molecule has 0 unspecified atom stereocenters. The minimum atomic E-state index is 0.120. The average Bonchev–Trinajstić information content (AvgIpc) is 3.11. The van der Waals surface area contributed by atoms with Crippen molar-refractivity contribution < 1.29 is 9.59 Å². The fourth-order valence-electron chi connectivity index (χ4n) is 4.50. The number of rotatable bonds is 4. The fraction of sp³-hybridized carbons (Fsp3) is 0.545. The van der Waals surface area contributed by atoms with Crippen LogP contribution in [0, 0.1) is 5.92 Å². The van der Waals surface area contributed by atoms with Crippen LogP contribution in [-0.4, -0.2) is 40.4 Å². The van der Waals surface area contributed by atoms with Gasteiger partial charge in [0.2, 0.25) is 11.8 Å². The Balaban J connectivity index is 1.29. The van der Waals surface area contributed by atoms with Gasteiger partial charge >= 0.3 is 0 Å². The Labute approximate surface area is 171 Å². The third-order valence-corrected chi connectivity index (χ3v) is 6.45. The Morgan fingerprint density at radius 1 is 1.04 bits per heavy atom. The molecule has 2 heterocycles. The van der Waals surface area contributed by atoms with Crippen molar-refractivity contribution in [3.8, 4) is 0 Å². The number of nitrogens with zero attached hydrogens (tertiary/aromatic N) is 2. The summed E-state index contributed by atoms with van der Waals surface area (Å²) in [5, 5.41) is 4.99. The van der Waals surface area contributed by atoms with Gasteiger partial charge in [-0.1, -0.05) is 36.9 Å². The molecule has 0 atom stereocenters. The van der Waals surface area contributed by atoms with Gasteiger partial charge < -0.3 is 14.8 Å². The van der Waals surface area contributed by atoms with E-state index in [9.17, 15) is 9.59 Å². The zero-order valence-corrected chi connectivity index (χ0v) is 17.0. The number of aromatic nitrogens is 1. The maximum absolute atomic E-state index is 12.8. The molecule has 2 fully saturated rings. The summed E-state index contributed by atoms with van der Waals surface area (Å²) >= 11 is 6.10. The highest BCUT2D eigenvalue weighted by Gasteiger charge is 2.27. The lowest BCUT2D eigenvalue weighted by Crippen LogP contribution is -2.48. The minimum absolute atomic E-state index is 0.120. The Morgan fingerprint density at radius 2 is 1.79 bits per heavy atom. The second kappa shape index (κ2) is 8.56. The Kier molecular flexibility index (Phi) is 5.90. The van der Waals surface area contributed by atoms with Crippen LogP contribution in [0.1, 0.15) is 44.9 Å². The van der Waals surface area contributed by atoms with Crippen molar-refractivity contribution in [1.82, 2.24) is 14.8 Å². The highest BCUT2D eigenvalue weighted by molar-refractivity contribution is 6.31. The zero-order valence-electron chi connectivity index (χ0n) is 16.2. The summed E-state index contributed by atoms with van der Waals surface area (Å²) in [6.45, 7) is 1.73. The molecule has 1 saturated heterocycles. The summed E-state index contributed by atoms with van der Waals surface area (Å²) in [6, 6.07) is 7.94. The molecule has 0 radical (unpaired) electrons. The van der Waals surface area contributed by atoms with Crippen LogP contribution >= 0.6 is 11.6 Å². The van der Waals surface area contributed by atoms with E-state index in [2.05, 4.69) is 5.32 Å². The summed E-state index contributed by atoms with van der Waals surface area (Å²) < 4.78 is 1.96. The fourth-order valence-corrected chi connectivity index (χ4v) is 4.66. The van der Waals surface area contributed by atoms with Crippen LogP contribution in [-0.2, 0) is 16.1 Å². The predicted molar refractivity (Wildman–Crippen MR) is 111 cm³/mol. The van der Waals surface area contributed by atoms with E-state index < -0.39 is 0 Å². The number of likely N-dealkylation sites (tertiary alicyclic amines) is 1. The molecule has 2 amide bonds. The number of benzene rings is 1. The average molecular weight is 402 g/mol. The lowest BCUT2D eigenvalue weighted by atomic mass is 9.88. The number of piperidine rings is 1. The van der Waals surface area contributed by atoms with Gasteiger partial charge in [-0.3, -0.25) is 9.59 Å². The quantitative estimate of drug-likeness (QED) is 0.842. The summed E-state index contributed by atoms with van der Waals surface area (Å²) in [4.78, 5) is 27.1. The van der Waals surface area contributed by atoms with E-state index in [1.807, 2.05) is 39.9 Å². The molecule has 28 heavy (non-hydrogen) atoms. The lowest BCUT2D eigenvalue weighted by molar-refractivity contribution is -0.133. The van der Waals surface area contributed by atoms with Gasteiger partial charge in [0.05, 0.1) is 0 Å². The number of hydrogen-bond donors (Lipinski definition) is 1. The monoisotopic (exact) mass is 401 g/mol. The third-order valence-electron chi connectivity index (χ3n) is 6.21. The van der Waals surface area contributed by atoms with Gasteiger partial charge in [0.15, 0.2) is 0 Å². The standard InChI is InChI=1S/C22H28ClN3O2/c23-18-7-6-16-8-11-26(20(16)14-18)15-21(27)25-12-9-19(10-13-25)24-22(28)17-4-2-1-3-5-17/h6-8,11,14,17,19H,1-5,9-10,12-13,15H2,(H,24,28). The smallest absolute Gasteiger partial charge is 0.242 e. The van der Waals surface area contributed by atoms with Gasteiger partial charge in [-0.2, -0.15) is 0 Å². The molecule has 1 N–H and O–H groups in total. The number of carbonyl (C=O) groups is 2. The van der Waals surface area contributed by atoms with Gasteiger partial charge in [-0.25, -0.2) is 0 Å². The molecule has 2 aliphatic rings. The van der Waals surface area contributed by atoms with Crippen LogP contribution in [0.25, 0.3) is 10.9 Å². The van der Waals surface area contributed by atoms with Gasteiger partial charge in [0, 0.05) is 41.8 Å². The van der Waals surface area contributed by atoms with Crippen molar-refractivity contribution in [3.05, 3.63) is 35.5 Å². The predicted octanol–water partition coefficient (Wildman–Crippen LogP) is 3.98. The normalized spacial score (nSPS) is 19.1. The summed E-state index contributed by atoms with van der Waals surface area (Å²) in [5.74, 6) is 0.539. The molecule has 1 aliphatic heterocycles. The van der Waals surface area contributed by atoms with E-state index in [0.717, 1.165) is 36.6 Å². The zero-order chi connectivity index (χ0) is 19.5. The Hall–Kier alpha value is -2.01. The molecule has 2 aromatic rings. The number of halogens is 1. The molecule has 1 saturated carbocycles. The van der Waals surface area contributed by atoms with Gasteiger partial charge in [0.25, 0.3) is 0 Å². The van der Waals surface area contributed by atoms with Crippen LogP contribution < -0.4 is 5.32 Å².